The summed E-state index contributed by atoms with van der Waals surface area (Å²) >= 11 is 9.90. The molecule has 0 saturated carbocycles. The first kappa shape index (κ1) is 23.1. The summed E-state index contributed by atoms with van der Waals surface area (Å²) in [7, 11) is 0. The second kappa shape index (κ2) is 10.7. The lowest BCUT2D eigenvalue weighted by Crippen LogP contribution is -2.29. The van der Waals surface area contributed by atoms with Crippen molar-refractivity contribution < 1.29 is 4.79 Å². The van der Waals surface area contributed by atoms with Crippen molar-refractivity contribution in [2.45, 2.75) is 19.8 Å². The minimum atomic E-state index is -0.199. The molecule has 4 rings (SSSR count). The van der Waals surface area contributed by atoms with Gasteiger partial charge in [-0.05, 0) is 59.5 Å². The van der Waals surface area contributed by atoms with Gasteiger partial charge in [0.1, 0.15) is 5.82 Å². The number of amides is 2. The summed E-state index contributed by atoms with van der Waals surface area (Å²) in [6.07, 6.45) is 3.43. The molecule has 7 nitrogen and oxygen atoms in total. The molecule has 170 valence electrons. The SMILES string of the molecule is Cc1cccc(NC(=O)NCCCCNc2cc(-c3ccccc3Cl)nc3c(Br)cnn23)c1. The summed E-state index contributed by atoms with van der Waals surface area (Å²) in [5.41, 5.74) is 4.24. The van der Waals surface area contributed by atoms with Crippen molar-refractivity contribution in [3.63, 3.8) is 0 Å². The molecule has 0 fully saturated rings. The summed E-state index contributed by atoms with van der Waals surface area (Å²) in [4.78, 5) is 16.8. The Hall–Kier alpha value is -3.10. The number of unbranched alkanes of at least 4 members (excludes halogenated alkanes) is 1. The van der Waals surface area contributed by atoms with Gasteiger partial charge in [0, 0.05) is 35.4 Å². The van der Waals surface area contributed by atoms with Crippen molar-refractivity contribution in [2.24, 2.45) is 0 Å². The molecule has 0 aliphatic carbocycles. The molecule has 0 radical (unpaired) electrons. The van der Waals surface area contributed by atoms with Crippen molar-refractivity contribution in [3.05, 3.63) is 75.9 Å². The molecule has 2 amide bonds. The van der Waals surface area contributed by atoms with Crippen molar-refractivity contribution in [3.8, 4) is 11.3 Å². The number of hydrogen-bond acceptors (Lipinski definition) is 4. The lowest BCUT2D eigenvalue weighted by Gasteiger charge is -2.12. The summed E-state index contributed by atoms with van der Waals surface area (Å²) < 4.78 is 2.57. The van der Waals surface area contributed by atoms with Crippen LogP contribution in [0.2, 0.25) is 5.02 Å². The Bertz CT molecular complexity index is 1280. The maximum atomic E-state index is 12.1. The highest BCUT2D eigenvalue weighted by Gasteiger charge is 2.13. The van der Waals surface area contributed by atoms with Gasteiger partial charge in [-0.2, -0.15) is 9.61 Å². The van der Waals surface area contributed by atoms with E-state index < -0.39 is 0 Å². The molecular formula is C24H24BrClN6O. The van der Waals surface area contributed by atoms with Crippen LogP contribution < -0.4 is 16.0 Å². The molecule has 2 heterocycles. The van der Waals surface area contributed by atoms with Crippen LogP contribution in [0, 0.1) is 6.92 Å². The standard InChI is InChI=1S/C24H24BrClN6O/c1-16-7-6-8-17(13-16)30-24(33)28-12-5-4-11-27-22-14-21(18-9-2-3-10-20(18)26)31-23-19(25)15-29-32(22)23/h2-3,6-10,13-15,27H,4-5,11-12H2,1H3,(H2,28,30,33). The minimum Gasteiger partial charge on any atom is -0.370 e. The van der Waals surface area contributed by atoms with Crippen LogP contribution in [0.4, 0.5) is 16.3 Å². The fourth-order valence-corrected chi connectivity index (χ4v) is 4.02. The second-order valence-electron chi connectivity index (χ2n) is 7.62. The van der Waals surface area contributed by atoms with Crippen LogP contribution in [-0.2, 0) is 0 Å². The molecule has 0 atom stereocenters. The maximum absolute atomic E-state index is 12.1. The van der Waals surface area contributed by atoms with Crippen LogP contribution in [0.15, 0.2) is 65.3 Å². The zero-order chi connectivity index (χ0) is 23.2. The van der Waals surface area contributed by atoms with Gasteiger partial charge in [-0.15, -0.1) is 0 Å². The maximum Gasteiger partial charge on any atom is 0.319 e. The predicted molar refractivity (Wildman–Crippen MR) is 137 cm³/mol. The minimum absolute atomic E-state index is 0.199. The number of carbonyl (C=O) groups excluding carboxylic acids is 1. The number of carbonyl (C=O) groups is 1. The molecule has 2 aromatic heterocycles. The van der Waals surface area contributed by atoms with E-state index >= 15 is 0 Å². The first-order valence-corrected chi connectivity index (χ1v) is 11.8. The van der Waals surface area contributed by atoms with Gasteiger partial charge in [0.25, 0.3) is 0 Å². The van der Waals surface area contributed by atoms with Crippen molar-refractivity contribution in [2.75, 3.05) is 23.7 Å². The zero-order valence-electron chi connectivity index (χ0n) is 18.1. The molecule has 0 bridgehead atoms. The van der Waals surface area contributed by atoms with Gasteiger partial charge >= 0.3 is 6.03 Å². The molecule has 0 saturated heterocycles. The molecule has 0 spiro atoms. The zero-order valence-corrected chi connectivity index (χ0v) is 20.4. The Balaban J connectivity index is 1.32. The fraction of sp³-hybridized carbons (Fsp3) is 0.208. The molecule has 9 heteroatoms. The van der Waals surface area contributed by atoms with E-state index in [9.17, 15) is 4.79 Å². The Morgan fingerprint density at radius 3 is 2.73 bits per heavy atom. The average Bonchev–Trinajstić information content (AvgIpc) is 3.17. The van der Waals surface area contributed by atoms with E-state index in [0.717, 1.165) is 52.2 Å². The highest BCUT2D eigenvalue weighted by atomic mass is 79.9. The number of benzene rings is 2. The number of hydrogen-bond donors (Lipinski definition) is 3. The lowest BCUT2D eigenvalue weighted by molar-refractivity contribution is 0.252. The van der Waals surface area contributed by atoms with Crippen molar-refractivity contribution in [1.29, 1.82) is 0 Å². The summed E-state index contributed by atoms with van der Waals surface area (Å²) in [5, 5.41) is 14.2. The molecular weight excluding hydrogens is 504 g/mol. The molecule has 33 heavy (non-hydrogen) atoms. The number of nitrogens with zero attached hydrogens (tertiary/aromatic N) is 3. The van der Waals surface area contributed by atoms with E-state index in [4.69, 9.17) is 16.6 Å². The van der Waals surface area contributed by atoms with Gasteiger partial charge in [-0.3, -0.25) is 0 Å². The topological polar surface area (TPSA) is 83.4 Å². The molecule has 0 aliphatic rings. The molecule has 4 aromatic rings. The number of anilines is 2. The number of aryl methyl sites for hydroxylation is 1. The normalized spacial score (nSPS) is 10.9. The number of urea groups is 1. The van der Waals surface area contributed by atoms with Crippen LogP contribution in [0.25, 0.3) is 16.9 Å². The lowest BCUT2D eigenvalue weighted by atomic mass is 10.1. The summed E-state index contributed by atoms with van der Waals surface area (Å²) in [5.74, 6) is 0.825. The van der Waals surface area contributed by atoms with E-state index in [1.807, 2.05) is 61.5 Å². The Kier molecular flexibility index (Phi) is 7.47. The number of aromatic nitrogens is 3. The number of nitrogens with one attached hydrogen (secondary N) is 3. The molecule has 3 N–H and O–H groups in total. The van der Waals surface area contributed by atoms with Gasteiger partial charge in [0.2, 0.25) is 0 Å². The van der Waals surface area contributed by atoms with E-state index in [1.54, 1.807) is 10.7 Å². The van der Waals surface area contributed by atoms with Crippen LogP contribution in [0.5, 0.6) is 0 Å². The van der Waals surface area contributed by atoms with Crippen LogP contribution in [0.3, 0.4) is 0 Å². The van der Waals surface area contributed by atoms with E-state index in [1.165, 1.54) is 0 Å². The number of rotatable bonds is 8. The monoisotopic (exact) mass is 526 g/mol. The predicted octanol–water partition coefficient (Wildman–Crippen LogP) is 6.13. The second-order valence-corrected chi connectivity index (χ2v) is 8.88. The Morgan fingerprint density at radius 1 is 1.09 bits per heavy atom. The van der Waals surface area contributed by atoms with E-state index in [-0.39, 0.29) is 6.03 Å². The first-order valence-electron chi connectivity index (χ1n) is 10.7. The van der Waals surface area contributed by atoms with E-state index in [0.29, 0.717) is 17.2 Å². The largest absolute Gasteiger partial charge is 0.370 e. The Morgan fingerprint density at radius 2 is 1.91 bits per heavy atom. The van der Waals surface area contributed by atoms with Gasteiger partial charge in [0.15, 0.2) is 5.65 Å². The average molecular weight is 528 g/mol. The van der Waals surface area contributed by atoms with Gasteiger partial charge in [0.05, 0.1) is 16.4 Å². The van der Waals surface area contributed by atoms with Crippen molar-refractivity contribution >= 4 is 50.7 Å². The van der Waals surface area contributed by atoms with Gasteiger partial charge < -0.3 is 16.0 Å². The summed E-state index contributed by atoms with van der Waals surface area (Å²) in [6, 6.07) is 17.1. The fourth-order valence-electron chi connectivity index (χ4n) is 3.44. The van der Waals surface area contributed by atoms with Gasteiger partial charge in [-0.1, -0.05) is 41.9 Å². The highest BCUT2D eigenvalue weighted by molar-refractivity contribution is 9.10. The Labute approximate surface area is 205 Å². The third-order valence-corrected chi connectivity index (χ3v) is 5.94. The molecule has 2 aromatic carbocycles. The third kappa shape index (κ3) is 5.83. The molecule has 0 aliphatic heterocycles. The van der Waals surface area contributed by atoms with Crippen molar-refractivity contribution in [1.82, 2.24) is 19.9 Å². The van der Waals surface area contributed by atoms with Crippen LogP contribution in [-0.4, -0.2) is 33.7 Å². The number of halogens is 2. The van der Waals surface area contributed by atoms with E-state index in [2.05, 4.69) is 37.0 Å². The molecule has 0 unspecified atom stereocenters. The van der Waals surface area contributed by atoms with Crippen LogP contribution in [0.1, 0.15) is 18.4 Å². The van der Waals surface area contributed by atoms with Crippen LogP contribution >= 0.6 is 27.5 Å². The number of fused-ring (bicyclic) bond motifs is 1. The third-order valence-electron chi connectivity index (χ3n) is 5.05. The first-order chi connectivity index (χ1) is 16.0. The highest BCUT2D eigenvalue weighted by Crippen LogP contribution is 2.30. The summed E-state index contributed by atoms with van der Waals surface area (Å²) in [6.45, 7) is 3.30. The van der Waals surface area contributed by atoms with Gasteiger partial charge in [-0.25, -0.2) is 9.78 Å². The quantitative estimate of drug-likeness (QED) is 0.241. The smallest absolute Gasteiger partial charge is 0.319 e.